The molecule has 0 fully saturated rings. The lowest BCUT2D eigenvalue weighted by atomic mass is 10.0. The first-order chi connectivity index (χ1) is 21.6. The summed E-state index contributed by atoms with van der Waals surface area (Å²) < 4.78 is 43.9. The number of hydrogen-bond donors (Lipinski definition) is 1. The predicted molar refractivity (Wildman–Crippen MR) is 191 cm³/mol. The predicted octanol–water partition coefficient (Wildman–Crippen LogP) is 9.19. The summed E-state index contributed by atoms with van der Waals surface area (Å²) in [6.45, 7) is 19.9. The van der Waals surface area contributed by atoms with E-state index in [-0.39, 0.29) is 22.7 Å². The van der Waals surface area contributed by atoms with Gasteiger partial charge in [0.15, 0.2) is 14.1 Å². The number of anilines is 1. The van der Waals surface area contributed by atoms with Crippen LogP contribution in [0.25, 0.3) is 11.1 Å². The lowest BCUT2D eigenvalue weighted by Gasteiger charge is -2.42. The van der Waals surface area contributed by atoms with Gasteiger partial charge in [0, 0.05) is 40.5 Å². The fraction of sp³-hybridized carbons (Fsp3) is 0.485. The van der Waals surface area contributed by atoms with E-state index in [2.05, 4.69) is 53.5 Å². The zero-order chi connectivity index (χ0) is 35.5. The van der Waals surface area contributed by atoms with Crippen molar-refractivity contribution in [1.82, 2.24) is 9.97 Å². The molecule has 2 aromatic carbocycles. The number of methoxy groups -OCH3 is 1. The van der Waals surface area contributed by atoms with Crippen LogP contribution in [0.2, 0.25) is 23.2 Å². The number of aromatic nitrogens is 2. The first kappa shape index (κ1) is 38.3. The van der Waals surface area contributed by atoms with E-state index in [1.807, 2.05) is 13.8 Å². The van der Waals surface area contributed by atoms with Gasteiger partial charge in [0.2, 0.25) is 0 Å². The van der Waals surface area contributed by atoms with Gasteiger partial charge in [-0.25, -0.2) is 14.4 Å². The van der Waals surface area contributed by atoms with Gasteiger partial charge in [0.1, 0.15) is 39.0 Å². The summed E-state index contributed by atoms with van der Waals surface area (Å²) in [6, 6.07) is 6.57. The number of nitro benzene ring substituents is 1. The molecule has 0 bridgehead atoms. The van der Waals surface area contributed by atoms with Gasteiger partial charge in [-0.1, -0.05) is 42.8 Å². The molecule has 0 saturated carbocycles. The Morgan fingerprint density at radius 2 is 1.74 bits per heavy atom. The molecule has 0 saturated heterocycles. The van der Waals surface area contributed by atoms with Crippen molar-refractivity contribution in [2.24, 2.45) is 4.40 Å². The van der Waals surface area contributed by atoms with Crippen molar-refractivity contribution in [3.8, 4) is 16.9 Å². The molecule has 1 heterocycles. The summed E-state index contributed by atoms with van der Waals surface area (Å²) in [7, 11) is -0.689. The van der Waals surface area contributed by atoms with Crippen LogP contribution in [0.15, 0.2) is 47.1 Å². The fourth-order valence-electron chi connectivity index (χ4n) is 4.51. The van der Waals surface area contributed by atoms with Gasteiger partial charge in [-0.05, 0) is 71.0 Å². The number of rotatable bonds is 12. The molecule has 3 rings (SSSR count). The molecule has 0 aliphatic carbocycles. The minimum absolute atomic E-state index is 0.0226. The molecule has 0 radical (unpaired) electrons. The van der Waals surface area contributed by atoms with Gasteiger partial charge >= 0.3 is 0 Å². The molecule has 2 atom stereocenters. The maximum Gasteiger partial charge on any atom is 0.295 e. The number of benzene rings is 2. The van der Waals surface area contributed by atoms with Crippen molar-refractivity contribution in [1.29, 1.82) is 0 Å². The maximum atomic E-state index is 15.5. The molecule has 1 unspecified atom stereocenters. The zero-order valence-electron chi connectivity index (χ0n) is 28.9. The van der Waals surface area contributed by atoms with Gasteiger partial charge in [0.05, 0.1) is 30.4 Å². The molecule has 10 nitrogen and oxygen atoms in total. The van der Waals surface area contributed by atoms with Crippen molar-refractivity contribution in [3.05, 3.63) is 75.1 Å². The van der Waals surface area contributed by atoms with Crippen molar-refractivity contribution in [3.63, 3.8) is 0 Å². The molecule has 14 heteroatoms. The number of ether oxygens (including phenoxy) is 1. The Bertz CT molecular complexity index is 1610. The zero-order valence-corrected chi connectivity index (χ0v) is 31.5. The maximum absolute atomic E-state index is 15.5. The summed E-state index contributed by atoms with van der Waals surface area (Å²) in [5.74, 6) is 0.0470. The van der Waals surface area contributed by atoms with Crippen molar-refractivity contribution >= 4 is 48.9 Å². The third-order valence-electron chi connectivity index (χ3n) is 8.05. The van der Waals surface area contributed by atoms with Crippen LogP contribution in [0.1, 0.15) is 79.2 Å². The minimum atomic E-state index is -2.17. The molecule has 0 aliphatic heterocycles. The molecule has 3 aromatic rings. The number of nitrogens with zero attached hydrogens (tertiary/aromatic N) is 4. The summed E-state index contributed by atoms with van der Waals surface area (Å²) in [4.78, 5) is 20.5. The molecule has 1 aromatic heterocycles. The number of hydrogen-bond acceptors (Lipinski definition) is 9. The Morgan fingerprint density at radius 3 is 2.28 bits per heavy atom. The first-order valence-corrected chi connectivity index (χ1v) is 19.5. The van der Waals surface area contributed by atoms with Crippen LogP contribution in [0, 0.1) is 15.9 Å². The summed E-state index contributed by atoms with van der Waals surface area (Å²) in [5.41, 5.74) is -0.391. The Labute approximate surface area is 286 Å². The van der Waals surface area contributed by atoms with Crippen LogP contribution in [0.4, 0.5) is 15.8 Å². The highest BCUT2D eigenvalue weighted by Gasteiger charge is 2.43. The molecule has 0 spiro atoms. The van der Waals surface area contributed by atoms with Crippen LogP contribution in [0.3, 0.4) is 0 Å². The van der Waals surface area contributed by atoms with E-state index in [1.165, 1.54) is 31.8 Å². The summed E-state index contributed by atoms with van der Waals surface area (Å²) in [6.07, 6.45) is 4.58. The second-order valence-electron chi connectivity index (χ2n) is 14.2. The molecule has 1 N–H and O–H groups in total. The van der Waals surface area contributed by atoms with Crippen molar-refractivity contribution < 1.29 is 23.0 Å². The van der Waals surface area contributed by atoms with E-state index < -0.39 is 52.5 Å². The molecular weight excluding hydrogens is 661 g/mol. The molecule has 0 amide bonds. The monoisotopic (exact) mass is 705 g/mol. The first-order valence-electron chi connectivity index (χ1n) is 15.1. The smallest absolute Gasteiger partial charge is 0.295 e. The molecule has 256 valence electrons. The van der Waals surface area contributed by atoms with Gasteiger partial charge < -0.3 is 19.0 Å². The van der Waals surface area contributed by atoms with Crippen LogP contribution in [-0.4, -0.2) is 45.8 Å². The standard InChI is InChI=1S/C33H45ClFN5O5SSi/c1-31(2,3)46(43)38-16-15-25(29-23(34)13-12-14-28(29)44-9)39-26-17-22(24(35)18-27(26)40(41)42)21-19-36-30(37-20-21)33(7,8)45-47(10,11)32(4,5)6/h12-14,16-20,25,39H,15H2,1-11H3/b38-16-/t25-,46?/m1/s1. The van der Waals surface area contributed by atoms with Crippen LogP contribution >= 0.6 is 11.6 Å². The second-order valence-corrected chi connectivity index (χ2v) is 21.3. The topological polar surface area (TPSA) is 135 Å². The average Bonchev–Trinajstić information content (AvgIpc) is 2.95. The molecule has 47 heavy (non-hydrogen) atoms. The van der Waals surface area contributed by atoms with Gasteiger partial charge in [0.25, 0.3) is 5.69 Å². The van der Waals surface area contributed by atoms with E-state index in [1.54, 1.807) is 39.0 Å². The lowest BCUT2D eigenvalue weighted by Crippen LogP contribution is -2.46. The lowest BCUT2D eigenvalue weighted by molar-refractivity contribution is -0.384. The van der Waals surface area contributed by atoms with E-state index in [0.29, 0.717) is 27.7 Å². The van der Waals surface area contributed by atoms with Crippen LogP contribution in [-0.2, 0) is 21.4 Å². The average molecular weight is 706 g/mol. The van der Waals surface area contributed by atoms with E-state index in [9.17, 15) is 14.7 Å². The molecule has 0 aliphatic rings. The van der Waals surface area contributed by atoms with Gasteiger partial charge in [-0.3, -0.25) is 10.1 Å². The second kappa shape index (κ2) is 14.6. The third kappa shape index (κ3) is 9.29. The summed E-state index contributed by atoms with van der Waals surface area (Å²) in [5, 5.41) is 15.6. The van der Waals surface area contributed by atoms with Crippen LogP contribution < -0.4 is 10.1 Å². The quantitative estimate of drug-likeness (QED) is 0.0648. The Balaban J connectivity index is 2.08. The largest absolute Gasteiger partial charge is 0.591 e. The highest BCUT2D eigenvalue weighted by Crippen LogP contribution is 2.42. The van der Waals surface area contributed by atoms with E-state index in [0.717, 1.165) is 6.07 Å². The van der Waals surface area contributed by atoms with Crippen molar-refractivity contribution in [2.45, 2.75) is 96.3 Å². The third-order valence-corrected chi connectivity index (χ3v) is 14.4. The van der Waals surface area contributed by atoms with E-state index in [4.69, 9.17) is 20.8 Å². The van der Waals surface area contributed by atoms with Crippen LogP contribution in [0.5, 0.6) is 5.75 Å². The van der Waals surface area contributed by atoms with E-state index >= 15 is 4.39 Å². The Hall–Kier alpha value is -3.10. The van der Waals surface area contributed by atoms with Gasteiger partial charge in [-0.2, -0.15) is 0 Å². The number of halogens is 2. The highest BCUT2D eigenvalue weighted by molar-refractivity contribution is 7.91. The molecular formula is C33H45ClFN5O5SSi. The van der Waals surface area contributed by atoms with Crippen molar-refractivity contribution in [2.75, 3.05) is 12.4 Å². The van der Waals surface area contributed by atoms with Gasteiger partial charge in [-0.15, -0.1) is 0 Å². The number of nitrogens with one attached hydrogen (secondary N) is 1. The Kier molecular flexibility index (Phi) is 11.9. The summed E-state index contributed by atoms with van der Waals surface area (Å²) >= 11 is 5.08. The fourth-order valence-corrected chi connectivity index (χ4v) is 7.02. The number of nitro groups is 1. The highest BCUT2D eigenvalue weighted by atomic mass is 35.5. The SMILES string of the molecule is COc1cccc(Cl)c1[C@@H](C/C=N\[S+]([O-])C(C)(C)C)Nc1cc(-c2cnc(C(C)(C)O[Si](C)(C)C(C)(C)C)nc2)c(F)cc1[N+](=O)[O-]. The Morgan fingerprint density at radius 1 is 1.13 bits per heavy atom. The normalized spacial score (nSPS) is 14.3. The minimum Gasteiger partial charge on any atom is -0.591 e.